The number of carbonyl (C=O) groups is 2. The molecule has 0 bridgehead atoms. The van der Waals surface area contributed by atoms with Crippen molar-refractivity contribution >= 4 is 11.9 Å². The summed E-state index contributed by atoms with van der Waals surface area (Å²) in [6.07, 6.45) is 1.66. The van der Waals surface area contributed by atoms with E-state index < -0.39 is 11.9 Å². The van der Waals surface area contributed by atoms with Crippen LogP contribution < -0.4 is 4.74 Å². The maximum Gasteiger partial charge on any atom is 0.323 e. The average molecular weight is 317 g/mol. The lowest BCUT2D eigenvalue weighted by atomic mass is 10.2. The molecule has 0 radical (unpaired) electrons. The molecule has 0 aliphatic rings. The monoisotopic (exact) mass is 317 g/mol. The molecule has 7 heteroatoms. The molecule has 0 spiro atoms. The van der Waals surface area contributed by atoms with Crippen LogP contribution in [0.1, 0.15) is 24.3 Å². The van der Waals surface area contributed by atoms with Gasteiger partial charge in [0.05, 0.1) is 12.8 Å². The summed E-state index contributed by atoms with van der Waals surface area (Å²) in [5.74, 6) is -0.735. The molecule has 0 aliphatic heterocycles. The van der Waals surface area contributed by atoms with E-state index in [0.29, 0.717) is 0 Å². The Kier molecular flexibility index (Phi) is 5.00. The van der Waals surface area contributed by atoms with Gasteiger partial charge in [-0.15, -0.1) is 0 Å². The van der Waals surface area contributed by atoms with E-state index in [9.17, 15) is 9.59 Å². The van der Waals surface area contributed by atoms with Gasteiger partial charge in [0.2, 0.25) is 0 Å². The minimum Gasteiger partial charge on any atom is -0.497 e. The van der Waals surface area contributed by atoms with Gasteiger partial charge in [-0.1, -0.05) is 0 Å². The molecular formula is C16H19N3O4. The van der Waals surface area contributed by atoms with Gasteiger partial charge in [0.1, 0.15) is 12.3 Å². The van der Waals surface area contributed by atoms with Crippen LogP contribution in [0.25, 0.3) is 5.69 Å². The van der Waals surface area contributed by atoms with Crippen LogP contribution in [0.3, 0.4) is 0 Å². The van der Waals surface area contributed by atoms with E-state index in [4.69, 9.17) is 9.84 Å². The number of carboxylic acids is 1. The second-order valence-corrected chi connectivity index (χ2v) is 5.26. The zero-order chi connectivity index (χ0) is 17.0. The van der Waals surface area contributed by atoms with Gasteiger partial charge in [-0.3, -0.25) is 9.59 Å². The Balaban J connectivity index is 2.22. The number of carbonyl (C=O) groups excluding carboxylic acids is 1. The van der Waals surface area contributed by atoms with E-state index in [2.05, 4.69) is 5.10 Å². The Morgan fingerprint density at radius 1 is 1.26 bits per heavy atom. The molecule has 2 rings (SSSR count). The van der Waals surface area contributed by atoms with Crippen molar-refractivity contribution in [1.29, 1.82) is 0 Å². The first-order valence-electron chi connectivity index (χ1n) is 7.15. The van der Waals surface area contributed by atoms with Gasteiger partial charge in [0.25, 0.3) is 5.91 Å². The van der Waals surface area contributed by atoms with E-state index in [-0.39, 0.29) is 18.3 Å². The smallest absolute Gasteiger partial charge is 0.323 e. The van der Waals surface area contributed by atoms with E-state index in [1.807, 2.05) is 12.1 Å². The van der Waals surface area contributed by atoms with Crippen molar-refractivity contribution in [3.63, 3.8) is 0 Å². The van der Waals surface area contributed by atoms with Gasteiger partial charge in [-0.2, -0.15) is 5.10 Å². The van der Waals surface area contributed by atoms with Crippen molar-refractivity contribution in [3.8, 4) is 11.4 Å². The molecule has 1 amide bonds. The van der Waals surface area contributed by atoms with Crippen LogP contribution >= 0.6 is 0 Å². The maximum absolute atomic E-state index is 12.4. The quantitative estimate of drug-likeness (QED) is 0.878. The van der Waals surface area contributed by atoms with Crippen LogP contribution in [0.2, 0.25) is 0 Å². The molecule has 1 heterocycles. The van der Waals surface area contributed by atoms with Crippen molar-refractivity contribution in [2.75, 3.05) is 13.7 Å². The predicted molar refractivity (Wildman–Crippen MR) is 83.9 cm³/mol. The largest absolute Gasteiger partial charge is 0.497 e. The highest BCUT2D eigenvalue weighted by atomic mass is 16.5. The van der Waals surface area contributed by atoms with Crippen molar-refractivity contribution in [3.05, 3.63) is 42.2 Å². The van der Waals surface area contributed by atoms with E-state index >= 15 is 0 Å². The highest BCUT2D eigenvalue weighted by Gasteiger charge is 2.23. The second kappa shape index (κ2) is 6.95. The standard InChI is InChI=1S/C16H19N3O4/c1-11(2)18(10-15(20)21)16(22)14-8-9-19(17-14)12-4-6-13(23-3)7-5-12/h4-9,11H,10H2,1-3H3,(H,20,21). The molecule has 1 aromatic heterocycles. The number of amides is 1. The fourth-order valence-electron chi connectivity index (χ4n) is 2.10. The van der Waals surface area contributed by atoms with Crippen LogP contribution in [0, 0.1) is 0 Å². The molecular weight excluding hydrogens is 298 g/mol. The Morgan fingerprint density at radius 2 is 1.91 bits per heavy atom. The maximum atomic E-state index is 12.4. The lowest BCUT2D eigenvalue weighted by Crippen LogP contribution is -2.40. The van der Waals surface area contributed by atoms with E-state index in [1.54, 1.807) is 50.0 Å². The third kappa shape index (κ3) is 3.88. The molecule has 0 atom stereocenters. The second-order valence-electron chi connectivity index (χ2n) is 5.26. The minimum absolute atomic E-state index is 0.204. The van der Waals surface area contributed by atoms with Gasteiger partial charge >= 0.3 is 5.97 Å². The Labute approximate surface area is 134 Å². The number of hydrogen-bond donors (Lipinski definition) is 1. The van der Waals surface area contributed by atoms with Crippen LogP contribution in [0.4, 0.5) is 0 Å². The number of nitrogens with zero attached hydrogens (tertiary/aromatic N) is 3. The van der Waals surface area contributed by atoms with E-state index in [1.165, 1.54) is 4.90 Å². The van der Waals surface area contributed by atoms with Gasteiger partial charge in [0.15, 0.2) is 5.69 Å². The summed E-state index contributed by atoms with van der Waals surface area (Å²) >= 11 is 0. The number of benzene rings is 1. The molecule has 0 fully saturated rings. The molecule has 23 heavy (non-hydrogen) atoms. The zero-order valence-electron chi connectivity index (χ0n) is 13.3. The average Bonchev–Trinajstić information content (AvgIpc) is 3.01. The molecule has 0 saturated heterocycles. The summed E-state index contributed by atoms with van der Waals surface area (Å²) in [6, 6.07) is 8.57. The number of aromatic nitrogens is 2. The van der Waals surface area contributed by atoms with Crippen LogP contribution in [0.15, 0.2) is 36.5 Å². The van der Waals surface area contributed by atoms with Gasteiger partial charge < -0.3 is 14.7 Å². The zero-order valence-corrected chi connectivity index (χ0v) is 13.3. The topological polar surface area (TPSA) is 84.7 Å². The molecule has 0 unspecified atom stereocenters. The Bertz CT molecular complexity index is 692. The van der Waals surface area contributed by atoms with Crippen LogP contribution in [-0.4, -0.2) is 51.4 Å². The fraction of sp³-hybridized carbons (Fsp3) is 0.312. The minimum atomic E-state index is -1.05. The Morgan fingerprint density at radius 3 is 2.43 bits per heavy atom. The summed E-state index contributed by atoms with van der Waals surface area (Å²) in [4.78, 5) is 24.6. The lowest BCUT2D eigenvalue weighted by molar-refractivity contribution is -0.138. The molecule has 122 valence electrons. The molecule has 7 nitrogen and oxygen atoms in total. The summed E-state index contributed by atoms with van der Waals surface area (Å²) in [5, 5.41) is 13.2. The number of rotatable bonds is 6. The lowest BCUT2D eigenvalue weighted by Gasteiger charge is -2.23. The molecule has 0 aliphatic carbocycles. The first-order chi connectivity index (χ1) is 10.9. The Hall–Kier alpha value is -2.83. The molecule has 1 aromatic carbocycles. The number of ether oxygens (including phenoxy) is 1. The third-order valence-corrected chi connectivity index (χ3v) is 3.33. The van der Waals surface area contributed by atoms with E-state index in [0.717, 1.165) is 11.4 Å². The SMILES string of the molecule is COc1ccc(-n2ccc(C(=O)N(CC(=O)O)C(C)C)n2)cc1. The van der Waals surface area contributed by atoms with Crippen molar-refractivity contribution in [1.82, 2.24) is 14.7 Å². The fourth-order valence-corrected chi connectivity index (χ4v) is 2.10. The summed E-state index contributed by atoms with van der Waals surface area (Å²) in [5.41, 5.74) is 0.981. The first-order valence-corrected chi connectivity index (χ1v) is 7.15. The summed E-state index contributed by atoms with van der Waals surface area (Å²) < 4.78 is 6.66. The summed E-state index contributed by atoms with van der Waals surface area (Å²) in [6.45, 7) is 3.18. The van der Waals surface area contributed by atoms with Crippen LogP contribution in [-0.2, 0) is 4.79 Å². The number of methoxy groups -OCH3 is 1. The number of carboxylic acid groups (broad SMARTS) is 1. The van der Waals surface area contributed by atoms with Crippen LogP contribution in [0.5, 0.6) is 5.75 Å². The molecule has 1 N–H and O–H groups in total. The van der Waals surface area contributed by atoms with Crippen molar-refractivity contribution in [2.45, 2.75) is 19.9 Å². The normalized spacial score (nSPS) is 10.6. The predicted octanol–water partition coefficient (Wildman–Crippen LogP) is 1.82. The van der Waals surface area contributed by atoms with Gasteiger partial charge in [-0.25, -0.2) is 4.68 Å². The number of aliphatic carboxylic acids is 1. The van der Waals surface area contributed by atoms with Gasteiger partial charge in [-0.05, 0) is 44.2 Å². The first kappa shape index (κ1) is 16.5. The molecule has 0 saturated carbocycles. The van der Waals surface area contributed by atoms with Gasteiger partial charge in [0, 0.05) is 12.2 Å². The third-order valence-electron chi connectivity index (χ3n) is 3.33. The molecule has 2 aromatic rings. The highest BCUT2D eigenvalue weighted by Crippen LogP contribution is 2.15. The number of hydrogen-bond acceptors (Lipinski definition) is 4. The summed E-state index contributed by atoms with van der Waals surface area (Å²) in [7, 11) is 1.59. The van der Waals surface area contributed by atoms with Crippen molar-refractivity contribution in [2.24, 2.45) is 0 Å². The van der Waals surface area contributed by atoms with Crippen molar-refractivity contribution < 1.29 is 19.4 Å². The highest BCUT2D eigenvalue weighted by molar-refractivity contribution is 5.94.